The van der Waals surface area contributed by atoms with Crippen LogP contribution in [-0.4, -0.2) is 45.9 Å². The highest BCUT2D eigenvalue weighted by Gasteiger charge is 2.25. The molecule has 2 aliphatic heterocycles. The third-order valence-electron chi connectivity index (χ3n) is 7.22. The van der Waals surface area contributed by atoms with E-state index in [1.165, 1.54) is 22.4 Å². The van der Waals surface area contributed by atoms with Crippen LogP contribution >= 0.6 is 11.9 Å². The molecule has 3 heterocycles. The molecule has 0 amide bonds. The number of fused-ring (bicyclic) bond motifs is 1. The lowest BCUT2D eigenvalue weighted by Crippen LogP contribution is -2.27. The molecule has 0 saturated carbocycles. The van der Waals surface area contributed by atoms with Crippen LogP contribution in [0.1, 0.15) is 82.4 Å². The summed E-state index contributed by atoms with van der Waals surface area (Å²) in [7, 11) is 0. The molecule has 0 fully saturated rings. The molecular formula is C30H40N4O3S. The van der Waals surface area contributed by atoms with Crippen molar-refractivity contribution in [3.8, 4) is 5.75 Å². The highest BCUT2D eigenvalue weighted by atomic mass is 32.2. The van der Waals surface area contributed by atoms with E-state index in [1.807, 2.05) is 19.1 Å². The number of benzene rings is 1. The van der Waals surface area contributed by atoms with Crippen molar-refractivity contribution in [3.63, 3.8) is 0 Å². The lowest BCUT2D eigenvalue weighted by Gasteiger charge is -2.24. The zero-order valence-corrected chi connectivity index (χ0v) is 24.1. The SMILES string of the molecule is CCOC(=O)CC(CCC1=NN=C(CC)C(C)C1)c1ccc(C)c(CN2CC(C)Oc3cccnc3S2)c1. The van der Waals surface area contributed by atoms with Crippen LogP contribution in [0.25, 0.3) is 0 Å². The van der Waals surface area contributed by atoms with Crippen molar-refractivity contribution in [2.24, 2.45) is 16.1 Å². The van der Waals surface area contributed by atoms with E-state index < -0.39 is 0 Å². The molecule has 0 radical (unpaired) electrons. The molecule has 0 aliphatic carbocycles. The molecule has 1 aromatic heterocycles. The Labute approximate surface area is 231 Å². The summed E-state index contributed by atoms with van der Waals surface area (Å²) in [6.07, 6.45) is 5.78. The summed E-state index contributed by atoms with van der Waals surface area (Å²) >= 11 is 1.64. The predicted molar refractivity (Wildman–Crippen MR) is 154 cm³/mol. The van der Waals surface area contributed by atoms with Gasteiger partial charge in [0, 0.05) is 36.6 Å². The average Bonchev–Trinajstić information content (AvgIpc) is 3.05. The van der Waals surface area contributed by atoms with Crippen LogP contribution in [0.3, 0.4) is 0 Å². The topological polar surface area (TPSA) is 76.4 Å². The number of esters is 1. The summed E-state index contributed by atoms with van der Waals surface area (Å²) in [6.45, 7) is 12.4. The van der Waals surface area contributed by atoms with E-state index in [-0.39, 0.29) is 18.0 Å². The summed E-state index contributed by atoms with van der Waals surface area (Å²) in [5.74, 6) is 1.17. The number of rotatable bonds is 10. The summed E-state index contributed by atoms with van der Waals surface area (Å²) in [5.41, 5.74) is 5.94. The van der Waals surface area contributed by atoms with Crippen molar-refractivity contribution < 1.29 is 14.3 Å². The van der Waals surface area contributed by atoms with Crippen LogP contribution in [0, 0.1) is 12.8 Å². The van der Waals surface area contributed by atoms with Gasteiger partial charge in [-0.1, -0.05) is 32.0 Å². The molecule has 204 valence electrons. The first-order chi connectivity index (χ1) is 18.4. The highest BCUT2D eigenvalue weighted by Crippen LogP contribution is 2.36. The maximum Gasteiger partial charge on any atom is 0.306 e. The van der Waals surface area contributed by atoms with Crippen molar-refractivity contribution in [3.05, 3.63) is 53.2 Å². The Morgan fingerprint density at radius 2 is 2.08 bits per heavy atom. The second-order valence-corrected chi connectivity index (χ2v) is 11.4. The molecule has 38 heavy (non-hydrogen) atoms. The number of nitrogens with zero attached hydrogens (tertiary/aromatic N) is 4. The average molecular weight is 537 g/mol. The van der Waals surface area contributed by atoms with Crippen molar-refractivity contribution in [2.45, 2.75) is 90.3 Å². The van der Waals surface area contributed by atoms with E-state index in [0.29, 0.717) is 18.9 Å². The van der Waals surface area contributed by atoms with Gasteiger partial charge in [0.25, 0.3) is 0 Å². The monoisotopic (exact) mass is 536 g/mol. The maximum atomic E-state index is 12.6. The van der Waals surface area contributed by atoms with Gasteiger partial charge in [-0.05, 0) is 93.1 Å². The second-order valence-electron chi connectivity index (χ2n) is 10.3. The first-order valence-corrected chi connectivity index (χ1v) is 14.5. The molecule has 1 aromatic carbocycles. The van der Waals surface area contributed by atoms with Gasteiger partial charge in [-0.25, -0.2) is 9.29 Å². The van der Waals surface area contributed by atoms with Crippen molar-refractivity contribution in [1.82, 2.24) is 9.29 Å². The first kappa shape index (κ1) is 28.3. The zero-order chi connectivity index (χ0) is 27.1. The molecule has 7 nitrogen and oxygen atoms in total. The minimum absolute atomic E-state index is 0.0579. The van der Waals surface area contributed by atoms with Gasteiger partial charge in [-0.15, -0.1) is 0 Å². The molecule has 0 spiro atoms. The minimum atomic E-state index is -0.151. The molecule has 8 heteroatoms. The Bertz CT molecular complexity index is 1180. The number of hydrogen-bond donors (Lipinski definition) is 0. The fourth-order valence-corrected chi connectivity index (χ4v) is 6.15. The number of aromatic nitrogens is 1. The number of ether oxygens (including phenoxy) is 2. The second kappa shape index (κ2) is 13.4. The van der Waals surface area contributed by atoms with E-state index in [0.717, 1.165) is 55.3 Å². The van der Waals surface area contributed by atoms with Gasteiger partial charge >= 0.3 is 5.97 Å². The van der Waals surface area contributed by atoms with E-state index in [4.69, 9.17) is 9.47 Å². The number of carbonyl (C=O) groups is 1. The van der Waals surface area contributed by atoms with E-state index in [9.17, 15) is 4.79 Å². The van der Waals surface area contributed by atoms with Gasteiger partial charge in [0.2, 0.25) is 0 Å². The molecule has 2 aromatic rings. The van der Waals surface area contributed by atoms with Crippen LogP contribution in [0.5, 0.6) is 5.75 Å². The van der Waals surface area contributed by atoms with Gasteiger partial charge in [0.15, 0.2) is 10.8 Å². The quantitative estimate of drug-likeness (QED) is 0.247. The summed E-state index contributed by atoms with van der Waals surface area (Å²) < 4.78 is 13.8. The first-order valence-electron chi connectivity index (χ1n) is 13.8. The van der Waals surface area contributed by atoms with E-state index in [2.05, 4.69) is 65.4 Å². The lowest BCUT2D eigenvalue weighted by atomic mass is 9.86. The molecule has 0 N–H and O–H groups in total. The molecule has 3 atom stereocenters. The molecule has 3 unspecified atom stereocenters. The van der Waals surface area contributed by atoms with Gasteiger partial charge in [0.1, 0.15) is 6.10 Å². The fraction of sp³-hybridized carbons (Fsp3) is 0.533. The standard InChI is InChI=1S/C30H40N4O3S/c1-6-27-21(4)15-26(32-33-27)13-12-24(17-29(35)36-7-2)23-11-10-20(3)25(16-23)19-34-18-22(5)37-28-9-8-14-31-30(28)38-34/h8-11,14,16,21-22,24H,6-7,12-13,15,17-19H2,1-5H3. The van der Waals surface area contributed by atoms with Gasteiger partial charge in [0.05, 0.1) is 13.0 Å². The Morgan fingerprint density at radius 1 is 1.24 bits per heavy atom. The molecule has 4 rings (SSSR count). The number of carbonyl (C=O) groups excluding carboxylic acids is 1. The third-order valence-corrected chi connectivity index (χ3v) is 8.24. The fourth-order valence-electron chi connectivity index (χ4n) is 5.10. The van der Waals surface area contributed by atoms with Crippen LogP contribution < -0.4 is 4.74 Å². The predicted octanol–water partition coefficient (Wildman–Crippen LogP) is 6.74. The van der Waals surface area contributed by atoms with Crippen molar-refractivity contribution >= 4 is 29.3 Å². The minimum Gasteiger partial charge on any atom is -0.486 e. The Morgan fingerprint density at radius 3 is 2.84 bits per heavy atom. The van der Waals surface area contributed by atoms with Gasteiger partial charge in [-0.3, -0.25) is 4.79 Å². The third kappa shape index (κ3) is 7.44. The number of pyridine rings is 1. The summed E-state index contributed by atoms with van der Waals surface area (Å²) in [6, 6.07) is 10.5. The Hall–Kier alpha value is -2.71. The molecule has 0 saturated heterocycles. The maximum absolute atomic E-state index is 12.6. The summed E-state index contributed by atoms with van der Waals surface area (Å²) in [5, 5.41) is 9.87. The number of hydrogen-bond acceptors (Lipinski definition) is 8. The van der Waals surface area contributed by atoms with Crippen molar-refractivity contribution in [2.75, 3.05) is 13.2 Å². The van der Waals surface area contributed by atoms with Gasteiger partial charge in [-0.2, -0.15) is 10.2 Å². The van der Waals surface area contributed by atoms with Crippen LogP contribution in [-0.2, 0) is 16.1 Å². The van der Waals surface area contributed by atoms with Crippen LogP contribution in [0.2, 0.25) is 0 Å². The smallest absolute Gasteiger partial charge is 0.306 e. The van der Waals surface area contributed by atoms with E-state index >= 15 is 0 Å². The van der Waals surface area contributed by atoms with Gasteiger partial charge < -0.3 is 9.47 Å². The normalized spacial score (nSPS) is 20.4. The molecule has 2 aliphatic rings. The lowest BCUT2D eigenvalue weighted by molar-refractivity contribution is -0.143. The molecular weight excluding hydrogens is 496 g/mol. The summed E-state index contributed by atoms with van der Waals surface area (Å²) in [4.78, 5) is 17.1. The largest absolute Gasteiger partial charge is 0.486 e. The highest BCUT2D eigenvalue weighted by molar-refractivity contribution is 7.97. The van der Waals surface area contributed by atoms with Crippen molar-refractivity contribution in [1.29, 1.82) is 0 Å². The zero-order valence-electron chi connectivity index (χ0n) is 23.3. The van der Waals surface area contributed by atoms with E-state index in [1.54, 1.807) is 18.1 Å². The Balaban J connectivity index is 1.52. The molecule has 0 bridgehead atoms. The van der Waals surface area contributed by atoms with Crippen LogP contribution in [0.15, 0.2) is 51.8 Å². The Kier molecular flexibility index (Phi) is 9.97. The van der Waals surface area contributed by atoms with Crippen LogP contribution in [0.4, 0.5) is 0 Å². The number of aryl methyl sites for hydroxylation is 1.